The van der Waals surface area contributed by atoms with Crippen molar-refractivity contribution in [1.82, 2.24) is 0 Å². The first-order valence-corrected chi connectivity index (χ1v) is 8.03. The van der Waals surface area contributed by atoms with Crippen molar-refractivity contribution in [2.24, 2.45) is 5.92 Å². The Kier molecular flexibility index (Phi) is 6.05. The van der Waals surface area contributed by atoms with Crippen molar-refractivity contribution in [1.29, 1.82) is 0 Å². The molecule has 0 saturated heterocycles. The minimum absolute atomic E-state index is 0.413. The molecule has 23 heavy (non-hydrogen) atoms. The summed E-state index contributed by atoms with van der Waals surface area (Å²) in [5.74, 6) is -0.232. The van der Waals surface area contributed by atoms with Crippen LogP contribution >= 0.6 is 11.6 Å². The second-order valence-electron chi connectivity index (χ2n) is 6.00. The molecule has 0 aliphatic rings. The van der Waals surface area contributed by atoms with Crippen molar-refractivity contribution >= 4 is 17.6 Å². The molecule has 0 bridgehead atoms. The molecule has 3 nitrogen and oxygen atoms in total. The third-order valence-electron chi connectivity index (χ3n) is 3.49. The molecule has 0 amide bonds. The van der Waals surface area contributed by atoms with Gasteiger partial charge < -0.3 is 9.84 Å². The number of carbonyl (C=O) groups is 1. The van der Waals surface area contributed by atoms with Crippen molar-refractivity contribution in [3.05, 3.63) is 64.7 Å². The van der Waals surface area contributed by atoms with Gasteiger partial charge in [0.2, 0.25) is 0 Å². The Morgan fingerprint density at radius 3 is 2.48 bits per heavy atom. The Morgan fingerprint density at radius 2 is 1.87 bits per heavy atom. The van der Waals surface area contributed by atoms with Gasteiger partial charge in [-0.2, -0.15) is 0 Å². The fraction of sp³-hybridized carbons (Fsp3) is 0.316. The van der Waals surface area contributed by atoms with Gasteiger partial charge >= 0.3 is 5.97 Å². The number of ether oxygens (including phenoxy) is 1. The molecule has 0 fully saturated rings. The highest BCUT2D eigenvalue weighted by molar-refractivity contribution is 6.30. The first kappa shape index (κ1) is 17.4. The molecular weight excluding hydrogens is 312 g/mol. The molecule has 0 heterocycles. The van der Waals surface area contributed by atoms with Crippen LogP contribution in [0.3, 0.4) is 0 Å². The summed E-state index contributed by atoms with van der Waals surface area (Å²) in [6, 6.07) is 14.6. The summed E-state index contributed by atoms with van der Waals surface area (Å²) >= 11 is 5.87. The van der Waals surface area contributed by atoms with Crippen LogP contribution in [0.5, 0.6) is 5.75 Å². The van der Waals surface area contributed by atoms with Crippen LogP contribution in [0, 0.1) is 5.92 Å². The maximum absolute atomic E-state index is 11.6. The lowest BCUT2D eigenvalue weighted by Crippen LogP contribution is -2.14. The van der Waals surface area contributed by atoms with Crippen molar-refractivity contribution in [2.45, 2.75) is 26.2 Å². The molecule has 0 radical (unpaired) electrons. The minimum Gasteiger partial charge on any atom is -0.493 e. The van der Waals surface area contributed by atoms with E-state index in [1.54, 1.807) is 24.3 Å². The number of hydrogen-bond donors (Lipinski definition) is 1. The van der Waals surface area contributed by atoms with Gasteiger partial charge in [0.1, 0.15) is 5.75 Å². The Balaban J connectivity index is 2.15. The van der Waals surface area contributed by atoms with Crippen LogP contribution in [-0.4, -0.2) is 17.7 Å². The minimum atomic E-state index is -0.846. The predicted molar refractivity (Wildman–Crippen MR) is 92.3 cm³/mol. The third-order valence-corrected chi connectivity index (χ3v) is 3.74. The summed E-state index contributed by atoms with van der Waals surface area (Å²) in [5.41, 5.74) is 1.68. The van der Waals surface area contributed by atoms with E-state index in [0.29, 0.717) is 24.0 Å². The Bertz CT molecular complexity index is 650. The molecule has 1 atom stereocenters. The number of benzene rings is 2. The Hall–Kier alpha value is -2.00. The summed E-state index contributed by atoms with van der Waals surface area (Å²) in [6.45, 7) is 4.82. The molecule has 0 aromatic heterocycles. The first-order chi connectivity index (χ1) is 11.0. The van der Waals surface area contributed by atoms with Crippen LogP contribution in [0.4, 0.5) is 0 Å². The van der Waals surface area contributed by atoms with Crippen molar-refractivity contribution in [3.63, 3.8) is 0 Å². The molecule has 122 valence electrons. The van der Waals surface area contributed by atoms with E-state index in [2.05, 4.69) is 13.8 Å². The van der Waals surface area contributed by atoms with Gasteiger partial charge in [0.15, 0.2) is 0 Å². The van der Waals surface area contributed by atoms with Gasteiger partial charge in [-0.3, -0.25) is 4.79 Å². The Labute approximate surface area is 141 Å². The van der Waals surface area contributed by atoms with Crippen molar-refractivity contribution in [2.75, 3.05) is 6.61 Å². The molecule has 2 rings (SSSR count). The second kappa shape index (κ2) is 8.02. The van der Waals surface area contributed by atoms with E-state index < -0.39 is 11.9 Å². The standard InChI is InChI=1S/C19H21ClO3/c1-13(2)12-23-17-5-3-4-14(10-17)11-18(19(21)22)15-6-8-16(20)9-7-15/h3-10,13,18H,11-12H2,1-2H3,(H,21,22). The summed E-state index contributed by atoms with van der Waals surface area (Å²) in [5, 5.41) is 10.1. The number of aliphatic carboxylic acids is 1. The van der Waals surface area contributed by atoms with E-state index in [4.69, 9.17) is 16.3 Å². The topological polar surface area (TPSA) is 46.5 Å². The second-order valence-corrected chi connectivity index (χ2v) is 6.44. The average molecular weight is 333 g/mol. The summed E-state index contributed by atoms with van der Waals surface area (Å²) in [4.78, 5) is 11.6. The average Bonchev–Trinajstić information content (AvgIpc) is 2.52. The molecule has 0 aliphatic carbocycles. The molecule has 2 aromatic carbocycles. The van der Waals surface area contributed by atoms with Gasteiger partial charge in [0, 0.05) is 5.02 Å². The summed E-state index contributed by atoms with van der Waals surface area (Å²) in [6.07, 6.45) is 0.413. The van der Waals surface area contributed by atoms with Crippen LogP contribution in [0.15, 0.2) is 48.5 Å². The first-order valence-electron chi connectivity index (χ1n) is 7.65. The van der Waals surface area contributed by atoms with Crippen molar-refractivity contribution < 1.29 is 14.6 Å². The lowest BCUT2D eigenvalue weighted by atomic mass is 9.92. The quantitative estimate of drug-likeness (QED) is 0.793. The monoisotopic (exact) mass is 332 g/mol. The van der Waals surface area contributed by atoms with E-state index in [9.17, 15) is 9.90 Å². The van der Waals surface area contributed by atoms with Crippen LogP contribution < -0.4 is 4.74 Å². The van der Waals surface area contributed by atoms with Crippen LogP contribution in [0.2, 0.25) is 5.02 Å². The molecule has 2 aromatic rings. The number of rotatable bonds is 7. The van der Waals surface area contributed by atoms with Crippen LogP contribution in [0.1, 0.15) is 30.9 Å². The lowest BCUT2D eigenvalue weighted by molar-refractivity contribution is -0.138. The SMILES string of the molecule is CC(C)COc1cccc(CC(C(=O)O)c2ccc(Cl)cc2)c1. The molecular formula is C19H21ClO3. The van der Waals surface area contributed by atoms with E-state index in [1.807, 2.05) is 24.3 Å². The number of carboxylic acids is 1. The fourth-order valence-electron chi connectivity index (χ4n) is 2.30. The number of carboxylic acid groups (broad SMARTS) is 1. The molecule has 0 spiro atoms. The van der Waals surface area contributed by atoms with Gasteiger partial charge in [-0.05, 0) is 47.7 Å². The van der Waals surface area contributed by atoms with E-state index in [1.165, 1.54) is 0 Å². The maximum atomic E-state index is 11.6. The molecule has 1 unspecified atom stereocenters. The lowest BCUT2D eigenvalue weighted by Gasteiger charge is -2.14. The van der Waals surface area contributed by atoms with Crippen LogP contribution in [-0.2, 0) is 11.2 Å². The zero-order valence-electron chi connectivity index (χ0n) is 13.3. The van der Waals surface area contributed by atoms with E-state index >= 15 is 0 Å². The molecule has 4 heteroatoms. The van der Waals surface area contributed by atoms with Crippen molar-refractivity contribution in [3.8, 4) is 5.75 Å². The maximum Gasteiger partial charge on any atom is 0.311 e. The molecule has 1 N–H and O–H groups in total. The number of hydrogen-bond acceptors (Lipinski definition) is 2. The number of halogens is 1. The highest BCUT2D eigenvalue weighted by atomic mass is 35.5. The highest BCUT2D eigenvalue weighted by Crippen LogP contribution is 2.25. The van der Waals surface area contributed by atoms with E-state index in [-0.39, 0.29) is 0 Å². The smallest absolute Gasteiger partial charge is 0.311 e. The normalized spacial score (nSPS) is 12.2. The molecule has 0 saturated carbocycles. The van der Waals surface area contributed by atoms with Gasteiger partial charge in [0.25, 0.3) is 0 Å². The summed E-state index contributed by atoms with van der Waals surface area (Å²) < 4.78 is 5.71. The van der Waals surface area contributed by atoms with Crippen LogP contribution in [0.25, 0.3) is 0 Å². The predicted octanol–water partition coefficient (Wildman–Crippen LogP) is 4.79. The zero-order chi connectivity index (χ0) is 16.8. The highest BCUT2D eigenvalue weighted by Gasteiger charge is 2.20. The molecule has 0 aliphatic heterocycles. The van der Waals surface area contributed by atoms with Gasteiger partial charge in [0.05, 0.1) is 12.5 Å². The Morgan fingerprint density at radius 1 is 1.17 bits per heavy atom. The van der Waals surface area contributed by atoms with E-state index in [0.717, 1.165) is 16.9 Å². The third kappa shape index (κ3) is 5.29. The van der Waals surface area contributed by atoms with Gasteiger partial charge in [-0.25, -0.2) is 0 Å². The largest absolute Gasteiger partial charge is 0.493 e. The zero-order valence-corrected chi connectivity index (χ0v) is 14.1. The fourth-order valence-corrected chi connectivity index (χ4v) is 2.43. The van der Waals surface area contributed by atoms with Gasteiger partial charge in [-0.1, -0.05) is 49.7 Å². The van der Waals surface area contributed by atoms with Gasteiger partial charge in [-0.15, -0.1) is 0 Å². The summed E-state index contributed by atoms with van der Waals surface area (Å²) in [7, 11) is 0.